The van der Waals surface area contributed by atoms with E-state index in [9.17, 15) is 4.79 Å². The van der Waals surface area contributed by atoms with Crippen molar-refractivity contribution in [2.75, 3.05) is 0 Å². The van der Waals surface area contributed by atoms with Crippen LogP contribution in [0.5, 0.6) is 0 Å². The Hall–Kier alpha value is -1.64. The van der Waals surface area contributed by atoms with Crippen molar-refractivity contribution >= 4 is 11.5 Å². The van der Waals surface area contributed by atoms with Crippen LogP contribution in [0, 0.1) is 0 Å². The highest BCUT2D eigenvalue weighted by atomic mass is 16.4. The lowest BCUT2D eigenvalue weighted by molar-refractivity contribution is 0.0981. The monoisotopic (exact) mass is 175 g/mol. The van der Waals surface area contributed by atoms with Gasteiger partial charge in [0.1, 0.15) is 0 Å². The van der Waals surface area contributed by atoms with Crippen LogP contribution in [0.2, 0.25) is 0 Å². The lowest BCUT2D eigenvalue weighted by Gasteiger charge is -2.14. The molecule has 66 valence electrons. The van der Waals surface area contributed by atoms with Crippen molar-refractivity contribution in [2.45, 2.75) is 12.8 Å². The number of hydrogen-bond acceptors (Lipinski definition) is 3. The third-order valence-corrected chi connectivity index (χ3v) is 2.25. The first-order valence-corrected chi connectivity index (χ1v) is 4.16. The van der Waals surface area contributed by atoms with Crippen molar-refractivity contribution in [1.29, 1.82) is 0 Å². The number of hydrogen-bond donors (Lipinski definition) is 1. The van der Waals surface area contributed by atoms with Gasteiger partial charge in [0.15, 0.2) is 5.78 Å². The van der Waals surface area contributed by atoms with E-state index in [-0.39, 0.29) is 5.78 Å². The summed E-state index contributed by atoms with van der Waals surface area (Å²) in [5.41, 5.74) is 2.04. The molecule has 13 heavy (non-hydrogen) atoms. The summed E-state index contributed by atoms with van der Waals surface area (Å²) in [6.07, 6.45) is 0.975. The van der Waals surface area contributed by atoms with E-state index in [0.29, 0.717) is 24.1 Å². The summed E-state index contributed by atoms with van der Waals surface area (Å²) in [7, 11) is 0. The summed E-state index contributed by atoms with van der Waals surface area (Å²) in [4.78, 5) is 11.4. The number of nitrogens with zero attached hydrogens (tertiary/aromatic N) is 1. The van der Waals surface area contributed by atoms with E-state index in [1.54, 1.807) is 12.1 Å². The van der Waals surface area contributed by atoms with Gasteiger partial charge in [0, 0.05) is 24.0 Å². The Labute approximate surface area is 75.7 Å². The summed E-state index contributed by atoms with van der Waals surface area (Å²) in [6, 6.07) is 7.23. The van der Waals surface area contributed by atoms with E-state index in [1.807, 2.05) is 12.1 Å². The number of ketones is 1. The fraction of sp³-hybridized carbons (Fsp3) is 0.200. The van der Waals surface area contributed by atoms with Crippen LogP contribution in [0.4, 0.5) is 0 Å². The Kier molecular flexibility index (Phi) is 1.85. The predicted octanol–water partition coefficient (Wildman–Crippen LogP) is 1.84. The van der Waals surface area contributed by atoms with Gasteiger partial charge in [-0.1, -0.05) is 29.4 Å². The summed E-state index contributed by atoms with van der Waals surface area (Å²) >= 11 is 0. The maximum absolute atomic E-state index is 11.4. The molecule has 0 amide bonds. The highest BCUT2D eigenvalue weighted by Crippen LogP contribution is 2.21. The van der Waals surface area contributed by atoms with Gasteiger partial charge < -0.3 is 5.21 Å². The Morgan fingerprint density at radius 2 is 1.85 bits per heavy atom. The normalized spacial score (nSPS) is 18.8. The summed E-state index contributed by atoms with van der Waals surface area (Å²) < 4.78 is 0. The Morgan fingerprint density at radius 3 is 2.54 bits per heavy atom. The first-order valence-electron chi connectivity index (χ1n) is 4.16. The summed E-state index contributed by atoms with van der Waals surface area (Å²) in [6.45, 7) is 0. The fourth-order valence-electron chi connectivity index (χ4n) is 1.58. The molecule has 0 aromatic heterocycles. The zero-order chi connectivity index (χ0) is 9.26. The molecule has 0 bridgehead atoms. The van der Waals surface area contributed by atoms with Crippen molar-refractivity contribution < 1.29 is 10.0 Å². The molecular formula is C10H9NO2. The minimum Gasteiger partial charge on any atom is -0.411 e. The topological polar surface area (TPSA) is 49.7 Å². The van der Waals surface area contributed by atoms with E-state index in [1.165, 1.54) is 0 Å². The number of Topliss-reactive ketones (excluding diaryl/α,β-unsaturated/α-hetero) is 1. The third kappa shape index (κ3) is 1.22. The van der Waals surface area contributed by atoms with Crippen molar-refractivity contribution in [2.24, 2.45) is 5.16 Å². The molecule has 0 spiro atoms. The zero-order valence-corrected chi connectivity index (χ0v) is 7.03. The number of carbonyl (C=O) groups is 1. The molecule has 0 saturated heterocycles. The Morgan fingerprint density at radius 1 is 1.15 bits per heavy atom. The van der Waals surface area contributed by atoms with Gasteiger partial charge in [0.05, 0.1) is 5.71 Å². The average molecular weight is 175 g/mol. The number of fused-ring (bicyclic) bond motifs is 1. The maximum Gasteiger partial charge on any atom is 0.163 e. The van der Waals surface area contributed by atoms with Gasteiger partial charge in [0.2, 0.25) is 0 Å². The molecule has 3 heteroatoms. The van der Waals surface area contributed by atoms with Crippen molar-refractivity contribution in [1.82, 2.24) is 0 Å². The van der Waals surface area contributed by atoms with Gasteiger partial charge in [-0.3, -0.25) is 4.79 Å². The van der Waals surface area contributed by atoms with E-state index < -0.39 is 0 Å². The Balaban J connectivity index is 2.61. The molecule has 0 fully saturated rings. The largest absolute Gasteiger partial charge is 0.411 e. The summed E-state index contributed by atoms with van der Waals surface area (Å²) in [5.74, 6) is 0.128. The quantitative estimate of drug-likeness (QED) is 0.483. The maximum atomic E-state index is 11.4. The fourth-order valence-corrected chi connectivity index (χ4v) is 1.58. The van der Waals surface area contributed by atoms with Gasteiger partial charge in [-0.15, -0.1) is 0 Å². The zero-order valence-electron chi connectivity index (χ0n) is 7.03. The minimum atomic E-state index is 0.128. The highest BCUT2D eigenvalue weighted by Gasteiger charge is 2.21. The molecule has 2 rings (SSSR count). The van der Waals surface area contributed by atoms with Crippen molar-refractivity contribution in [3.8, 4) is 0 Å². The lowest BCUT2D eigenvalue weighted by Crippen LogP contribution is -2.17. The van der Waals surface area contributed by atoms with Crippen LogP contribution in [0.25, 0.3) is 0 Å². The second-order valence-corrected chi connectivity index (χ2v) is 3.02. The van der Waals surface area contributed by atoms with Crippen LogP contribution in [-0.2, 0) is 0 Å². The number of benzene rings is 1. The molecule has 1 N–H and O–H groups in total. The van der Waals surface area contributed by atoms with E-state index >= 15 is 0 Å². The average Bonchev–Trinajstić information content (AvgIpc) is 2.19. The molecule has 1 aliphatic carbocycles. The number of oxime groups is 1. The molecular weight excluding hydrogens is 166 g/mol. The van der Waals surface area contributed by atoms with E-state index in [0.717, 1.165) is 5.56 Å². The second kappa shape index (κ2) is 3.01. The first kappa shape index (κ1) is 7.98. The van der Waals surface area contributed by atoms with Crippen molar-refractivity contribution in [3.63, 3.8) is 0 Å². The lowest BCUT2D eigenvalue weighted by atomic mass is 9.89. The summed E-state index contributed by atoms with van der Waals surface area (Å²) in [5, 5.41) is 11.9. The first-order chi connectivity index (χ1) is 6.33. The molecule has 1 aromatic carbocycles. The van der Waals surface area contributed by atoms with Crippen LogP contribution in [0.3, 0.4) is 0 Å². The molecule has 1 aliphatic rings. The van der Waals surface area contributed by atoms with Gasteiger partial charge in [-0.05, 0) is 0 Å². The van der Waals surface area contributed by atoms with Crippen LogP contribution in [0.15, 0.2) is 29.4 Å². The van der Waals surface area contributed by atoms with Crippen LogP contribution in [-0.4, -0.2) is 16.7 Å². The SMILES string of the molecule is O=C1CCC(=NO)c2ccccc21. The molecule has 0 unspecified atom stereocenters. The number of rotatable bonds is 0. The predicted molar refractivity (Wildman–Crippen MR) is 48.3 cm³/mol. The second-order valence-electron chi connectivity index (χ2n) is 3.02. The van der Waals surface area contributed by atoms with Gasteiger partial charge in [0.25, 0.3) is 0 Å². The van der Waals surface area contributed by atoms with Gasteiger partial charge in [-0.25, -0.2) is 0 Å². The molecule has 3 nitrogen and oxygen atoms in total. The molecule has 0 radical (unpaired) electrons. The molecule has 1 aromatic rings. The van der Waals surface area contributed by atoms with Gasteiger partial charge in [-0.2, -0.15) is 0 Å². The third-order valence-electron chi connectivity index (χ3n) is 2.25. The Bertz CT molecular complexity index is 382. The highest BCUT2D eigenvalue weighted by molar-refractivity contribution is 6.15. The number of carbonyl (C=O) groups excluding carboxylic acids is 1. The van der Waals surface area contributed by atoms with Crippen molar-refractivity contribution in [3.05, 3.63) is 35.4 Å². The van der Waals surface area contributed by atoms with E-state index in [2.05, 4.69) is 5.16 Å². The van der Waals surface area contributed by atoms with Gasteiger partial charge >= 0.3 is 0 Å². The van der Waals surface area contributed by atoms with Crippen LogP contribution >= 0.6 is 0 Å². The van der Waals surface area contributed by atoms with Crippen LogP contribution < -0.4 is 0 Å². The van der Waals surface area contributed by atoms with E-state index in [4.69, 9.17) is 5.21 Å². The standard InChI is InChI=1S/C10H9NO2/c12-10-6-5-9(11-13)7-3-1-2-4-8(7)10/h1-4,13H,5-6H2. The molecule has 0 saturated carbocycles. The van der Waals surface area contributed by atoms with Crippen LogP contribution in [0.1, 0.15) is 28.8 Å². The smallest absolute Gasteiger partial charge is 0.163 e. The minimum absolute atomic E-state index is 0.128. The molecule has 0 aliphatic heterocycles. The molecule has 0 atom stereocenters. The molecule has 0 heterocycles.